The minimum absolute atomic E-state index is 0.123. The van der Waals surface area contributed by atoms with E-state index in [0.717, 1.165) is 6.07 Å². The van der Waals surface area contributed by atoms with Crippen LogP contribution in [-0.2, 0) is 6.18 Å². The molecule has 0 saturated carbocycles. The van der Waals surface area contributed by atoms with Gasteiger partial charge in [-0.1, -0.05) is 0 Å². The van der Waals surface area contributed by atoms with E-state index in [4.69, 9.17) is 10.8 Å². The summed E-state index contributed by atoms with van der Waals surface area (Å²) in [4.78, 5) is 14.9. The number of hydrogen-bond donors (Lipinski definition) is 2. The summed E-state index contributed by atoms with van der Waals surface area (Å²) >= 11 is 0. The lowest BCUT2D eigenvalue weighted by atomic mass is 10.2. The molecule has 1 atom stereocenters. The molecule has 0 unspecified atom stereocenters. The number of aromatic carboxylic acids is 1. The summed E-state index contributed by atoms with van der Waals surface area (Å²) in [5.74, 6) is -1.24. The van der Waals surface area contributed by atoms with Gasteiger partial charge >= 0.3 is 12.1 Å². The van der Waals surface area contributed by atoms with Crippen LogP contribution in [0.1, 0.15) is 29.0 Å². The van der Waals surface area contributed by atoms with Crippen molar-refractivity contribution in [3.63, 3.8) is 0 Å². The van der Waals surface area contributed by atoms with E-state index in [1.54, 1.807) is 6.92 Å². The maximum Gasteiger partial charge on any atom is 0.417 e. The summed E-state index contributed by atoms with van der Waals surface area (Å²) in [6.45, 7) is 1.82. The smallest absolute Gasteiger partial charge is 0.417 e. The number of pyridine rings is 1. The van der Waals surface area contributed by atoms with Crippen LogP contribution in [0.5, 0.6) is 0 Å². The van der Waals surface area contributed by atoms with Crippen LogP contribution in [0.25, 0.3) is 11.0 Å². The van der Waals surface area contributed by atoms with Gasteiger partial charge in [-0.3, -0.25) is 0 Å². The van der Waals surface area contributed by atoms with Gasteiger partial charge in [-0.05, 0) is 19.1 Å². The first kappa shape index (κ1) is 14.3. The zero-order valence-corrected chi connectivity index (χ0v) is 10.5. The Morgan fingerprint density at radius 1 is 1.50 bits per heavy atom. The van der Waals surface area contributed by atoms with Crippen LogP contribution in [0.2, 0.25) is 0 Å². The number of fused-ring (bicyclic) bond motifs is 1. The standard InChI is InChI=1S/C12H12F3N3O2/c1-6(4-16)18-9(11(19)20)3-7-2-8(12(13,14)15)5-17-10(7)18/h2-3,5-6H,4,16H2,1H3,(H,19,20)/t6-/m1/s1. The van der Waals surface area contributed by atoms with Crippen LogP contribution in [-0.4, -0.2) is 27.2 Å². The Morgan fingerprint density at radius 2 is 2.15 bits per heavy atom. The van der Waals surface area contributed by atoms with Crippen molar-refractivity contribution in [3.8, 4) is 0 Å². The number of carbonyl (C=O) groups is 1. The lowest BCUT2D eigenvalue weighted by Gasteiger charge is -2.14. The predicted octanol–water partition coefficient (Wildman–Crippen LogP) is 2.27. The summed E-state index contributed by atoms with van der Waals surface area (Å²) in [7, 11) is 0. The Balaban J connectivity index is 2.71. The number of hydrogen-bond acceptors (Lipinski definition) is 3. The molecule has 20 heavy (non-hydrogen) atoms. The lowest BCUT2D eigenvalue weighted by Crippen LogP contribution is -2.20. The predicted molar refractivity (Wildman–Crippen MR) is 65.5 cm³/mol. The largest absolute Gasteiger partial charge is 0.477 e. The maximum absolute atomic E-state index is 12.6. The number of rotatable bonds is 3. The molecular weight excluding hydrogens is 275 g/mol. The van der Waals surface area contributed by atoms with Crippen molar-refractivity contribution in [1.29, 1.82) is 0 Å². The Kier molecular flexibility index (Phi) is 3.43. The van der Waals surface area contributed by atoms with Gasteiger partial charge in [0.2, 0.25) is 0 Å². The topological polar surface area (TPSA) is 81.1 Å². The van der Waals surface area contributed by atoms with E-state index in [1.165, 1.54) is 10.6 Å². The monoisotopic (exact) mass is 287 g/mol. The maximum atomic E-state index is 12.6. The highest BCUT2D eigenvalue weighted by molar-refractivity contribution is 5.93. The van der Waals surface area contributed by atoms with Gasteiger partial charge < -0.3 is 15.4 Å². The molecule has 0 amide bonds. The van der Waals surface area contributed by atoms with E-state index in [9.17, 15) is 18.0 Å². The highest BCUT2D eigenvalue weighted by Crippen LogP contribution is 2.32. The first-order valence-corrected chi connectivity index (χ1v) is 5.77. The summed E-state index contributed by atoms with van der Waals surface area (Å²) in [5, 5.41) is 9.25. The van der Waals surface area contributed by atoms with E-state index < -0.39 is 17.7 Å². The molecule has 8 heteroatoms. The number of nitrogens with two attached hydrogens (primary N) is 1. The first-order chi connectivity index (χ1) is 9.25. The Bertz CT molecular complexity index is 664. The Labute approximate surface area is 111 Å². The molecule has 3 N–H and O–H groups in total. The zero-order valence-electron chi connectivity index (χ0n) is 10.5. The molecule has 2 aromatic heterocycles. The number of nitrogens with zero attached hydrogens (tertiary/aromatic N) is 2. The Hall–Kier alpha value is -2.09. The van der Waals surface area contributed by atoms with Gasteiger partial charge in [0.25, 0.3) is 0 Å². The van der Waals surface area contributed by atoms with Crippen LogP contribution in [0, 0.1) is 0 Å². The Morgan fingerprint density at radius 3 is 2.65 bits per heavy atom. The molecule has 0 fully saturated rings. The summed E-state index contributed by atoms with van der Waals surface area (Å²) < 4.78 is 39.2. The number of carboxylic acid groups (broad SMARTS) is 1. The third kappa shape index (κ3) is 2.34. The van der Waals surface area contributed by atoms with E-state index in [2.05, 4.69) is 4.98 Å². The second-order valence-corrected chi connectivity index (χ2v) is 4.42. The number of alkyl halides is 3. The zero-order chi connectivity index (χ0) is 15.1. The molecule has 0 radical (unpaired) electrons. The molecule has 0 bridgehead atoms. The van der Waals surface area contributed by atoms with Crippen LogP contribution < -0.4 is 5.73 Å². The molecule has 2 heterocycles. The van der Waals surface area contributed by atoms with E-state index in [0.29, 0.717) is 6.20 Å². The van der Waals surface area contributed by atoms with Crippen molar-refractivity contribution in [2.24, 2.45) is 5.73 Å². The van der Waals surface area contributed by atoms with Crippen molar-refractivity contribution in [3.05, 3.63) is 29.6 Å². The van der Waals surface area contributed by atoms with Crippen LogP contribution in [0.3, 0.4) is 0 Å². The number of halogens is 3. The molecule has 0 aliphatic carbocycles. The summed E-state index contributed by atoms with van der Waals surface area (Å²) in [5.41, 5.74) is 4.62. The molecule has 0 spiro atoms. The molecule has 108 valence electrons. The van der Waals surface area contributed by atoms with Crippen LogP contribution in [0.15, 0.2) is 18.3 Å². The number of aromatic nitrogens is 2. The highest BCUT2D eigenvalue weighted by atomic mass is 19.4. The average molecular weight is 287 g/mol. The molecule has 0 saturated heterocycles. The van der Waals surface area contributed by atoms with Gasteiger partial charge in [0, 0.05) is 24.2 Å². The van der Waals surface area contributed by atoms with Crippen LogP contribution >= 0.6 is 0 Å². The lowest BCUT2D eigenvalue weighted by molar-refractivity contribution is -0.137. The average Bonchev–Trinajstić information content (AvgIpc) is 2.75. The van der Waals surface area contributed by atoms with E-state index in [1.807, 2.05) is 0 Å². The molecule has 0 aliphatic rings. The van der Waals surface area contributed by atoms with E-state index >= 15 is 0 Å². The molecular formula is C12H12F3N3O2. The molecule has 0 aliphatic heterocycles. The molecule has 2 aromatic rings. The van der Waals surface area contributed by atoms with Gasteiger partial charge in [0.15, 0.2) is 0 Å². The second kappa shape index (κ2) is 4.78. The summed E-state index contributed by atoms with van der Waals surface area (Å²) in [6.07, 6.45) is -3.83. The SMILES string of the molecule is C[C@H](CN)n1c(C(=O)O)cc2cc(C(F)(F)F)cnc21. The second-order valence-electron chi connectivity index (χ2n) is 4.42. The van der Waals surface area contributed by atoms with Crippen molar-refractivity contribution in [2.75, 3.05) is 6.54 Å². The molecule has 2 rings (SSSR count). The normalized spacial score (nSPS) is 13.7. The third-order valence-corrected chi connectivity index (χ3v) is 3.00. The van der Waals surface area contributed by atoms with Gasteiger partial charge in [-0.2, -0.15) is 13.2 Å². The van der Waals surface area contributed by atoms with Crippen molar-refractivity contribution < 1.29 is 23.1 Å². The first-order valence-electron chi connectivity index (χ1n) is 5.77. The van der Waals surface area contributed by atoms with Crippen molar-refractivity contribution in [2.45, 2.75) is 19.1 Å². The van der Waals surface area contributed by atoms with Gasteiger partial charge in [-0.25, -0.2) is 9.78 Å². The van der Waals surface area contributed by atoms with Gasteiger partial charge in [0.1, 0.15) is 11.3 Å². The van der Waals surface area contributed by atoms with Crippen molar-refractivity contribution in [1.82, 2.24) is 9.55 Å². The van der Waals surface area contributed by atoms with Gasteiger partial charge in [0.05, 0.1) is 5.56 Å². The summed E-state index contributed by atoms with van der Waals surface area (Å²) in [6, 6.07) is 1.67. The minimum atomic E-state index is -4.52. The fourth-order valence-electron chi connectivity index (χ4n) is 1.98. The van der Waals surface area contributed by atoms with E-state index in [-0.39, 0.29) is 29.3 Å². The molecule has 0 aromatic carbocycles. The molecule has 5 nitrogen and oxygen atoms in total. The van der Waals surface area contributed by atoms with Crippen LogP contribution in [0.4, 0.5) is 13.2 Å². The fraction of sp³-hybridized carbons (Fsp3) is 0.333. The van der Waals surface area contributed by atoms with Gasteiger partial charge in [-0.15, -0.1) is 0 Å². The third-order valence-electron chi connectivity index (χ3n) is 3.00. The minimum Gasteiger partial charge on any atom is -0.477 e. The fourth-order valence-corrected chi connectivity index (χ4v) is 1.98. The number of carboxylic acids is 1. The highest BCUT2D eigenvalue weighted by Gasteiger charge is 2.32. The quantitative estimate of drug-likeness (QED) is 0.907. The van der Waals surface area contributed by atoms with Crippen molar-refractivity contribution >= 4 is 17.0 Å².